The van der Waals surface area contributed by atoms with Gasteiger partial charge in [-0.05, 0) is 63.1 Å². The van der Waals surface area contributed by atoms with E-state index in [0.29, 0.717) is 17.0 Å². The highest BCUT2D eigenvalue weighted by Crippen LogP contribution is 2.24. The van der Waals surface area contributed by atoms with Gasteiger partial charge in [-0.2, -0.15) is 0 Å². The SMILES string of the molecule is CC(C)(Oc1ccc(F)cc1)C(=O)Nc1ccccc1C(=O)NC1CC1. The summed E-state index contributed by atoms with van der Waals surface area (Å²) >= 11 is 0. The number of para-hydroxylation sites is 1. The zero-order valence-corrected chi connectivity index (χ0v) is 14.7. The first-order valence-electron chi connectivity index (χ1n) is 8.51. The first-order valence-corrected chi connectivity index (χ1v) is 8.51. The highest BCUT2D eigenvalue weighted by atomic mass is 19.1. The van der Waals surface area contributed by atoms with Gasteiger partial charge in [0.25, 0.3) is 11.8 Å². The van der Waals surface area contributed by atoms with Crippen LogP contribution in [0.3, 0.4) is 0 Å². The standard InChI is InChI=1S/C20H21FN2O3/c1-20(2,26-15-11-7-13(21)8-12-15)19(25)23-17-6-4-3-5-16(17)18(24)22-14-9-10-14/h3-8,11-12,14H,9-10H2,1-2H3,(H,22,24)(H,23,25). The molecule has 0 heterocycles. The van der Waals surface area contributed by atoms with Crippen LogP contribution in [0.5, 0.6) is 5.75 Å². The molecule has 0 aromatic heterocycles. The maximum absolute atomic E-state index is 13.0. The number of carbonyl (C=O) groups is 2. The number of nitrogens with one attached hydrogen (secondary N) is 2. The molecule has 136 valence electrons. The molecule has 5 nitrogen and oxygen atoms in total. The summed E-state index contributed by atoms with van der Waals surface area (Å²) in [4.78, 5) is 25.0. The van der Waals surface area contributed by atoms with Crippen molar-refractivity contribution in [2.45, 2.75) is 38.3 Å². The van der Waals surface area contributed by atoms with Crippen LogP contribution in [0.1, 0.15) is 37.0 Å². The van der Waals surface area contributed by atoms with Crippen molar-refractivity contribution in [3.05, 3.63) is 59.9 Å². The Morgan fingerprint density at radius 3 is 2.38 bits per heavy atom. The Labute approximate surface area is 151 Å². The molecular weight excluding hydrogens is 335 g/mol. The molecular formula is C20H21FN2O3. The minimum Gasteiger partial charge on any atom is -0.478 e. The van der Waals surface area contributed by atoms with E-state index >= 15 is 0 Å². The molecule has 0 spiro atoms. The van der Waals surface area contributed by atoms with Gasteiger partial charge in [0.2, 0.25) is 0 Å². The molecule has 1 aliphatic rings. The van der Waals surface area contributed by atoms with Crippen molar-refractivity contribution in [1.29, 1.82) is 0 Å². The van der Waals surface area contributed by atoms with Crippen molar-refractivity contribution < 1.29 is 18.7 Å². The fourth-order valence-electron chi connectivity index (χ4n) is 2.40. The highest BCUT2D eigenvalue weighted by Gasteiger charge is 2.31. The van der Waals surface area contributed by atoms with Crippen LogP contribution in [-0.2, 0) is 4.79 Å². The maximum atomic E-state index is 13.0. The van der Waals surface area contributed by atoms with E-state index in [1.165, 1.54) is 24.3 Å². The first kappa shape index (κ1) is 17.9. The van der Waals surface area contributed by atoms with Crippen molar-refractivity contribution in [2.24, 2.45) is 0 Å². The number of hydrogen-bond donors (Lipinski definition) is 2. The van der Waals surface area contributed by atoms with E-state index in [2.05, 4.69) is 10.6 Å². The Hall–Kier alpha value is -2.89. The van der Waals surface area contributed by atoms with Crippen LogP contribution >= 0.6 is 0 Å². The third-order valence-electron chi connectivity index (χ3n) is 4.07. The smallest absolute Gasteiger partial charge is 0.267 e. The molecule has 2 aromatic rings. The van der Waals surface area contributed by atoms with Gasteiger partial charge in [0.1, 0.15) is 11.6 Å². The first-order chi connectivity index (χ1) is 12.3. The lowest BCUT2D eigenvalue weighted by Gasteiger charge is -2.25. The van der Waals surface area contributed by atoms with Crippen molar-refractivity contribution in [3.8, 4) is 5.75 Å². The maximum Gasteiger partial charge on any atom is 0.267 e. The Morgan fingerprint density at radius 2 is 1.73 bits per heavy atom. The van der Waals surface area contributed by atoms with Gasteiger partial charge in [0, 0.05) is 6.04 Å². The zero-order chi connectivity index (χ0) is 18.7. The number of amides is 2. The summed E-state index contributed by atoms with van der Waals surface area (Å²) in [5.74, 6) is -0.615. The Kier molecular flexibility index (Phi) is 4.93. The summed E-state index contributed by atoms with van der Waals surface area (Å²) in [6, 6.07) is 12.5. The summed E-state index contributed by atoms with van der Waals surface area (Å²) in [7, 11) is 0. The Bertz CT molecular complexity index is 814. The summed E-state index contributed by atoms with van der Waals surface area (Å²) < 4.78 is 18.7. The number of anilines is 1. The number of hydrogen-bond acceptors (Lipinski definition) is 3. The van der Waals surface area contributed by atoms with Gasteiger partial charge in [-0.1, -0.05) is 12.1 Å². The molecule has 1 fully saturated rings. The van der Waals surface area contributed by atoms with Gasteiger partial charge < -0.3 is 15.4 Å². The predicted molar refractivity (Wildman–Crippen MR) is 96.7 cm³/mol. The molecule has 2 N–H and O–H groups in total. The molecule has 26 heavy (non-hydrogen) atoms. The molecule has 2 aromatic carbocycles. The third kappa shape index (κ3) is 4.39. The van der Waals surface area contributed by atoms with Crippen LogP contribution < -0.4 is 15.4 Å². The second-order valence-electron chi connectivity index (χ2n) is 6.81. The molecule has 0 atom stereocenters. The summed E-state index contributed by atoms with van der Waals surface area (Å²) in [6.07, 6.45) is 1.97. The average Bonchev–Trinajstić information content (AvgIpc) is 3.41. The lowest BCUT2D eigenvalue weighted by molar-refractivity contribution is -0.128. The normalized spacial score (nSPS) is 13.8. The van der Waals surface area contributed by atoms with E-state index in [1.807, 2.05) is 0 Å². The second kappa shape index (κ2) is 7.15. The van der Waals surface area contributed by atoms with Crippen molar-refractivity contribution in [3.63, 3.8) is 0 Å². The number of benzene rings is 2. The van der Waals surface area contributed by atoms with E-state index in [1.54, 1.807) is 38.1 Å². The largest absolute Gasteiger partial charge is 0.478 e. The molecule has 1 saturated carbocycles. The van der Waals surface area contributed by atoms with E-state index in [4.69, 9.17) is 4.74 Å². The van der Waals surface area contributed by atoms with Crippen LogP contribution in [0.15, 0.2) is 48.5 Å². The monoisotopic (exact) mass is 356 g/mol. The molecule has 0 saturated heterocycles. The fourth-order valence-corrected chi connectivity index (χ4v) is 2.40. The van der Waals surface area contributed by atoms with Crippen molar-refractivity contribution in [2.75, 3.05) is 5.32 Å². The second-order valence-corrected chi connectivity index (χ2v) is 6.81. The molecule has 3 rings (SSSR count). The van der Waals surface area contributed by atoms with E-state index < -0.39 is 11.5 Å². The summed E-state index contributed by atoms with van der Waals surface area (Å²) in [6.45, 7) is 3.22. The zero-order valence-electron chi connectivity index (χ0n) is 14.7. The minimum absolute atomic E-state index is 0.208. The number of rotatable bonds is 6. The lowest BCUT2D eigenvalue weighted by atomic mass is 10.1. The van der Waals surface area contributed by atoms with Crippen LogP contribution in [0.2, 0.25) is 0 Å². The van der Waals surface area contributed by atoms with Crippen molar-refractivity contribution >= 4 is 17.5 Å². The number of carbonyl (C=O) groups excluding carboxylic acids is 2. The van der Waals surface area contributed by atoms with E-state index in [-0.39, 0.29) is 17.8 Å². The highest BCUT2D eigenvalue weighted by molar-refractivity contribution is 6.05. The van der Waals surface area contributed by atoms with Gasteiger partial charge in [0.15, 0.2) is 5.60 Å². The Morgan fingerprint density at radius 1 is 1.08 bits per heavy atom. The van der Waals surface area contributed by atoms with E-state index in [0.717, 1.165) is 12.8 Å². The Balaban J connectivity index is 1.72. The minimum atomic E-state index is -1.21. The average molecular weight is 356 g/mol. The topological polar surface area (TPSA) is 67.4 Å². The van der Waals surface area contributed by atoms with Gasteiger partial charge in [-0.25, -0.2) is 4.39 Å². The van der Waals surface area contributed by atoms with Gasteiger partial charge in [0.05, 0.1) is 11.3 Å². The van der Waals surface area contributed by atoms with Gasteiger partial charge >= 0.3 is 0 Å². The summed E-state index contributed by atoms with van der Waals surface area (Å²) in [5.41, 5.74) is -0.380. The predicted octanol–water partition coefficient (Wildman–Crippen LogP) is 3.51. The van der Waals surface area contributed by atoms with Crippen molar-refractivity contribution in [1.82, 2.24) is 5.32 Å². The van der Waals surface area contributed by atoms with Gasteiger partial charge in [-0.15, -0.1) is 0 Å². The summed E-state index contributed by atoms with van der Waals surface area (Å²) in [5, 5.41) is 5.67. The van der Waals surface area contributed by atoms with Crippen LogP contribution in [0.4, 0.5) is 10.1 Å². The number of halogens is 1. The molecule has 0 aliphatic heterocycles. The van der Waals surface area contributed by atoms with Crippen LogP contribution in [0, 0.1) is 5.82 Å². The third-order valence-corrected chi connectivity index (χ3v) is 4.07. The fraction of sp³-hybridized carbons (Fsp3) is 0.300. The molecule has 2 amide bonds. The lowest BCUT2D eigenvalue weighted by Crippen LogP contribution is -2.43. The van der Waals surface area contributed by atoms with E-state index in [9.17, 15) is 14.0 Å². The van der Waals surface area contributed by atoms with Gasteiger partial charge in [-0.3, -0.25) is 9.59 Å². The molecule has 0 bridgehead atoms. The molecule has 1 aliphatic carbocycles. The van der Waals surface area contributed by atoms with Crippen LogP contribution in [0.25, 0.3) is 0 Å². The molecule has 0 radical (unpaired) electrons. The molecule has 0 unspecified atom stereocenters. The quantitative estimate of drug-likeness (QED) is 0.832. The number of ether oxygens (including phenoxy) is 1. The van der Waals surface area contributed by atoms with Crippen LogP contribution in [-0.4, -0.2) is 23.5 Å². The molecule has 6 heteroatoms.